The number of carbonyl (C=O) groups excluding carboxylic acids is 2. The molecule has 7 heteroatoms. The third-order valence-corrected chi connectivity index (χ3v) is 4.58. The van der Waals surface area contributed by atoms with E-state index in [0.717, 1.165) is 0 Å². The predicted molar refractivity (Wildman–Crippen MR) is 94.1 cm³/mol. The topological polar surface area (TPSA) is 72.2 Å². The maximum Gasteiger partial charge on any atom is 0.230 e. The van der Waals surface area contributed by atoms with E-state index >= 15 is 0 Å². The second-order valence-corrected chi connectivity index (χ2v) is 6.65. The lowest BCUT2D eigenvalue weighted by Gasteiger charge is -2.11. The van der Waals surface area contributed by atoms with Crippen LogP contribution < -0.4 is 11.1 Å². The van der Waals surface area contributed by atoms with Gasteiger partial charge in [0.1, 0.15) is 0 Å². The molecule has 1 unspecified atom stereocenters. The molecule has 3 N–H and O–H groups in total. The Morgan fingerprint density at radius 1 is 1.27 bits per heavy atom. The van der Waals surface area contributed by atoms with E-state index in [1.165, 1.54) is 24.6 Å². The van der Waals surface area contributed by atoms with Crippen LogP contribution in [0.2, 0.25) is 5.02 Å². The monoisotopic (exact) mass is 362 g/mol. The van der Waals surface area contributed by atoms with E-state index in [2.05, 4.69) is 5.32 Å². The van der Waals surface area contributed by atoms with Gasteiger partial charge >= 0.3 is 0 Å². The molecule has 1 atom stereocenters. The van der Waals surface area contributed by atoms with Crippen molar-refractivity contribution in [3.8, 4) is 0 Å². The van der Waals surface area contributed by atoms with Gasteiger partial charge in [0.25, 0.3) is 0 Å². The van der Waals surface area contributed by atoms with Crippen molar-refractivity contribution in [3.63, 3.8) is 0 Å². The molecular formula is C15H20Cl2N2O2S. The van der Waals surface area contributed by atoms with Crippen LogP contribution in [0.5, 0.6) is 0 Å². The van der Waals surface area contributed by atoms with Gasteiger partial charge in [-0.15, -0.1) is 24.2 Å². The molecule has 1 fully saturated rings. The molecular weight excluding hydrogens is 343 g/mol. The Bertz CT molecular complexity index is 507. The summed E-state index contributed by atoms with van der Waals surface area (Å²) in [5.74, 6) is 1.06. The molecule has 0 bridgehead atoms. The van der Waals surface area contributed by atoms with Gasteiger partial charge in [-0.3, -0.25) is 9.59 Å². The number of ketones is 1. The second-order valence-electron chi connectivity index (χ2n) is 5.23. The maximum absolute atomic E-state index is 11.9. The van der Waals surface area contributed by atoms with E-state index in [-0.39, 0.29) is 41.6 Å². The molecule has 22 heavy (non-hydrogen) atoms. The van der Waals surface area contributed by atoms with Crippen LogP contribution in [-0.4, -0.2) is 35.8 Å². The Balaban J connectivity index is 0.00000242. The lowest BCUT2D eigenvalue weighted by Crippen LogP contribution is -2.39. The van der Waals surface area contributed by atoms with Crippen molar-refractivity contribution in [1.82, 2.24) is 5.32 Å². The fraction of sp³-hybridized carbons (Fsp3) is 0.467. The summed E-state index contributed by atoms with van der Waals surface area (Å²) < 4.78 is 0. The van der Waals surface area contributed by atoms with E-state index < -0.39 is 0 Å². The summed E-state index contributed by atoms with van der Waals surface area (Å²) in [4.78, 5) is 23.5. The summed E-state index contributed by atoms with van der Waals surface area (Å²) in [6.45, 7) is 0.523. The van der Waals surface area contributed by atoms with Gasteiger partial charge in [0.15, 0.2) is 5.78 Å². The number of rotatable bonds is 8. The number of hydrogen-bond donors (Lipinski definition) is 2. The Labute approximate surface area is 146 Å². The average Bonchev–Trinajstić information content (AvgIpc) is 3.30. The van der Waals surface area contributed by atoms with Crippen molar-refractivity contribution in [3.05, 3.63) is 34.9 Å². The molecule has 0 radical (unpaired) electrons. The highest BCUT2D eigenvalue weighted by Gasteiger charge is 2.28. The van der Waals surface area contributed by atoms with E-state index in [9.17, 15) is 9.59 Å². The molecule has 0 saturated heterocycles. The van der Waals surface area contributed by atoms with Crippen molar-refractivity contribution in [2.45, 2.75) is 18.9 Å². The highest BCUT2D eigenvalue weighted by molar-refractivity contribution is 8.00. The standard InChI is InChI=1S/C15H19ClN2O2S.ClH/c16-12-5-3-11(4-6-12)14(19)8-21-9-15(20)18-7-13(17)10-1-2-10;/h3-6,10,13H,1-2,7-9,17H2,(H,18,20);1H. The van der Waals surface area contributed by atoms with Crippen LogP contribution in [0.15, 0.2) is 24.3 Å². The summed E-state index contributed by atoms with van der Waals surface area (Å²) in [6.07, 6.45) is 2.34. The zero-order valence-electron chi connectivity index (χ0n) is 12.1. The molecule has 1 aliphatic rings. The van der Waals surface area contributed by atoms with Gasteiger partial charge in [0, 0.05) is 23.2 Å². The van der Waals surface area contributed by atoms with E-state index in [0.29, 0.717) is 23.0 Å². The highest BCUT2D eigenvalue weighted by atomic mass is 35.5. The van der Waals surface area contributed by atoms with E-state index in [4.69, 9.17) is 17.3 Å². The van der Waals surface area contributed by atoms with Gasteiger partial charge < -0.3 is 11.1 Å². The lowest BCUT2D eigenvalue weighted by molar-refractivity contribution is -0.118. The van der Waals surface area contributed by atoms with Crippen molar-refractivity contribution in [2.24, 2.45) is 11.7 Å². The van der Waals surface area contributed by atoms with Gasteiger partial charge in [0.2, 0.25) is 5.91 Å². The molecule has 1 saturated carbocycles. The third kappa shape index (κ3) is 6.57. The fourth-order valence-electron chi connectivity index (χ4n) is 1.93. The largest absolute Gasteiger partial charge is 0.354 e. The molecule has 0 aliphatic heterocycles. The molecule has 0 spiro atoms. The van der Waals surface area contributed by atoms with Crippen LogP contribution in [0.25, 0.3) is 0 Å². The first-order valence-corrected chi connectivity index (χ1v) is 8.48. The SMILES string of the molecule is Cl.NC(CNC(=O)CSCC(=O)c1ccc(Cl)cc1)C1CC1. The predicted octanol–water partition coefficient (Wildman–Crippen LogP) is 2.53. The number of amides is 1. The van der Waals surface area contributed by atoms with E-state index in [1.807, 2.05) is 0 Å². The Morgan fingerprint density at radius 2 is 1.91 bits per heavy atom. The molecule has 2 rings (SSSR count). The molecule has 1 aliphatic carbocycles. The van der Waals surface area contributed by atoms with Gasteiger partial charge in [-0.05, 0) is 43.0 Å². The zero-order valence-corrected chi connectivity index (χ0v) is 14.5. The Hall–Kier alpha value is -0.750. The van der Waals surface area contributed by atoms with Crippen molar-refractivity contribution in [2.75, 3.05) is 18.1 Å². The number of hydrogen-bond acceptors (Lipinski definition) is 4. The summed E-state index contributed by atoms with van der Waals surface area (Å²) >= 11 is 7.08. The molecule has 1 amide bonds. The normalized spacial score (nSPS) is 14.8. The number of halogens is 2. The van der Waals surface area contributed by atoms with Crippen molar-refractivity contribution >= 4 is 47.5 Å². The highest BCUT2D eigenvalue weighted by Crippen LogP contribution is 2.31. The lowest BCUT2D eigenvalue weighted by atomic mass is 10.1. The van der Waals surface area contributed by atoms with Crippen molar-refractivity contribution < 1.29 is 9.59 Å². The van der Waals surface area contributed by atoms with Crippen LogP contribution in [0, 0.1) is 5.92 Å². The number of thioether (sulfide) groups is 1. The van der Waals surface area contributed by atoms with Crippen LogP contribution in [-0.2, 0) is 4.79 Å². The van der Waals surface area contributed by atoms with Gasteiger partial charge in [0.05, 0.1) is 11.5 Å². The minimum Gasteiger partial charge on any atom is -0.354 e. The zero-order chi connectivity index (χ0) is 15.2. The quantitative estimate of drug-likeness (QED) is 0.697. The van der Waals surface area contributed by atoms with Gasteiger partial charge in [-0.2, -0.15) is 0 Å². The van der Waals surface area contributed by atoms with Crippen molar-refractivity contribution in [1.29, 1.82) is 0 Å². The second kappa shape index (κ2) is 9.40. The summed E-state index contributed by atoms with van der Waals surface area (Å²) in [5, 5.41) is 3.41. The number of Topliss-reactive ketones (excluding diaryl/α,β-unsaturated/α-hetero) is 1. The molecule has 4 nitrogen and oxygen atoms in total. The summed E-state index contributed by atoms with van der Waals surface area (Å²) in [6, 6.07) is 6.83. The van der Waals surface area contributed by atoms with Gasteiger partial charge in [-0.1, -0.05) is 11.6 Å². The number of benzene rings is 1. The van der Waals surface area contributed by atoms with Crippen LogP contribution in [0.4, 0.5) is 0 Å². The molecule has 0 aromatic heterocycles. The average molecular weight is 363 g/mol. The first kappa shape index (κ1) is 19.3. The molecule has 1 aromatic carbocycles. The first-order valence-electron chi connectivity index (χ1n) is 6.95. The smallest absolute Gasteiger partial charge is 0.230 e. The van der Waals surface area contributed by atoms with Gasteiger partial charge in [-0.25, -0.2) is 0 Å². The number of nitrogens with one attached hydrogen (secondary N) is 1. The van der Waals surface area contributed by atoms with Crippen LogP contribution in [0.1, 0.15) is 23.2 Å². The van der Waals surface area contributed by atoms with Crippen LogP contribution >= 0.6 is 35.8 Å². The number of nitrogens with two attached hydrogens (primary N) is 1. The fourth-order valence-corrected chi connectivity index (χ4v) is 2.80. The molecule has 0 heterocycles. The van der Waals surface area contributed by atoms with E-state index in [1.54, 1.807) is 24.3 Å². The third-order valence-electron chi connectivity index (χ3n) is 3.39. The summed E-state index contributed by atoms with van der Waals surface area (Å²) in [7, 11) is 0. The first-order chi connectivity index (χ1) is 10.1. The Kier molecular flexibility index (Phi) is 8.25. The van der Waals surface area contributed by atoms with Crippen LogP contribution in [0.3, 0.4) is 0 Å². The molecule has 122 valence electrons. The molecule has 1 aromatic rings. The summed E-state index contributed by atoms with van der Waals surface area (Å²) in [5.41, 5.74) is 6.52. The maximum atomic E-state index is 11.9. The number of carbonyl (C=O) groups is 2. The Morgan fingerprint density at radius 3 is 2.50 bits per heavy atom. The minimum absolute atomic E-state index is 0. The minimum atomic E-state index is -0.0694.